The van der Waals surface area contributed by atoms with Gasteiger partial charge in [0.2, 0.25) is 5.91 Å². The Labute approximate surface area is 166 Å². The topological polar surface area (TPSA) is 76.1 Å². The summed E-state index contributed by atoms with van der Waals surface area (Å²) in [5.41, 5.74) is 0.197. The van der Waals surface area contributed by atoms with Crippen LogP contribution >= 0.6 is 0 Å². The molecule has 2 aliphatic rings. The van der Waals surface area contributed by atoms with E-state index in [0.29, 0.717) is 43.3 Å². The minimum absolute atomic E-state index is 0.0270. The smallest absolute Gasteiger partial charge is 0.308 e. The number of carbonyl (C=O) groups is 2. The van der Waals surface area contributed by atoms with E-state index in [2.05, 4.69) is 0 Å². The fourth-order valence-electron chi connectivity index (χ4n) is 4.78. The van der Waals surface area contributed by atoms with Crippen LogP contribution in [0.2, 0.25) is 0 Å². The molecule has 1 aromatic carbocycles. The third kappa shape index (κ3) is 3.45. The first-order chi connectivity index (χ1) is 13.4. The molecule has 0 radical (unpaired) electrons. The van der Waals surface area contributed by atoms with Gasteiger partial charge in [-0.1, -0.05) is 19.9 Å². The Bertz CT molecular complexity index is 738. The number of benzene rings is 1. The lowest BCUT2D eigenvalue weighted by molar-refractivity contribution is -0.143. The van der Waals surface area contributed by atoms with Crippen LogP contribution in [0.25, 0.3) is 0 Å². The number of aliphatic carboxylic acids is 1. The van der Waals surface area contributed by atoms with Gasteiger partial charge in [0.1, 0.15) is 0 Å². The van der Waals surface area contributed by atoms with Crippen LogP contribution in [-0.2, 0) is 15.0 Å². The Morgan fingerprint density at radius 2 is 1.75 bits per heavy atom. The van der Waals surface area contributed by atoms with Gasteiger partial charge in [0.05, 0.1) is 25.6 Å². The van der Waals surface area contributed by atoms with Gasteiger partial charge in [-0.2, -0.15) is 0 Å². The average molecular weight is 389 g/mol. The molecule has 1 N–H and O–H groups in total. The Balaban J connectivity index is 1.93. The number of rotatable bonds is 8. The number of likely N-dealkylation sites (tertiary alicyclic amines) is 1. The highest BCUT2D eigenvalue weighted by atomic mass is 16.5. The van der Waals surface area contributed by atoms with Crippen molar-refractivity contribution in [1.82, 2.24) is 4.90 Å². The second-order valence-electron chi connectivity index (χ2n) is 8.02. The second-order valence-corrected chi connectivity index (χ2v) is 8.02. The molecule has 2 fully saturated rings. The van der Waals surface area contributed by atoms with Crippen LogP contribution in [0.3, 0.4) is 0 Å². The summed E-state index contributed by atoms with van der Waals surface area (Å²) in [6, 6.07) is 5.64. The summed E-state index contributed by atoms with van der Waals surface area (Å²) >= 11 is 0. The van der Waals surface area contributed by atoms with Crippen LogP contribution in [0.1, 0.15) is 45.1 Å². The number of ether oxygens (including phenoxy) is 2. The molecule has 1 aromatic rings. The molecular weight excluding hydrogens is 358 g/mol. The molecule has 0 spiro atoms. The first-order valence-electron chi connectivity index (χ1n) is 10.2. The van der Waals surface area contributed by atoms with Gasteiger partial charge in [-0.25, -0.2) is 0 Å². The summed E-state index contributed by atoms with van der Waals surface area (Å²) in [5.74, 6) is 0.556. The van der Waals surface area contributed by atoms with Crippen molar-refractivity contribution in [2.45, 2.75) is 44.9 Å². The van der Waals surface area contributed by atoms with Gasteiger partial charge >= 0.3 is 5.97 Å². The van der Waals surface area contributed by atoms with Crippen molar-refractivity contribution in [3.63, 3.8) is 0 Å². The van der Waals surface area contributed by atoms with Crippen molar-refractivity contribution >= 4 is 11.9 Å². The quantitative estimate of drug-likeness (QED) is 0.738. The first kappa shape index (κ1) is 20.5. The molecule has 1 saturated heterocycles. The molecular formula is C22H31NO5. The van der Waals surface area contributed by atoms with Crippen LogP contribution < -0.4 is 9.47 Å². The van der Waals surface area contributed by atoms with Crippen molar-refractivity contribution in [3.8, 4) is 11.5 Å². The molecule has 1 aliphatic heterocycles. The first-order valence-corrected chi connectivity index (χ1v) is 10.2. The fraction of sp³-hybridized carbons (Fsp3) is 0.636. The molecule has 2 atom stereocenters. The number of hydrogen-bond donors (Lipinski definition) is 1. The van der Waals surface area contributed by atoms with Crippen LogP contribution in [-0.4, -0.2) is 49.2 Å². The maximum absolute atomic E-state index is 13.7. The van der Waals surface area contributed by atoms with Crippen LogP contribution in [0.5, 0.6) is 11.5 Å². The minimum Gasteiger partial charge on any atom is -0.493 e. The van der Waals surface area contributed by atoms with Gasteiger partial charge in [0, 0.05) is 13.1 Å². The second kappa shape index (κ2) is 8.02. The van der Waals surface area contributed by atoms with E-state index < -0.39 is 17.3 Å². The summed E-state index contributed by atoms with van der Waals surface area (Å²) in [6.07, 6.45) is 3.44. The Morgan fingerprint density at radius 3 is 2.25 bits per heavy atom. The molecule has 28 heavy (non-hydrogen) atoms. The minimum atomic E-state index is -0.781. The molecule has 154 valence electrons. The monoisotopic (exact) mass is 389 g/mol. The van der Waals surface area contributed by atoms with Crippen molar-refractivity contribution < 1.29 is 24.2 Å². The largest absolute Gasteiger partial charge is 0.493 e. The van der Waals surface area contributed by atoms with Crippen LogP contribution in [0, 0.1) is 17.8 Å². The Kier molecular flexibility index (Phi) is 5.87. The van der Waals surface area contributed by atoms with Gasteiger partial charge < -0.3 is 19.5 Å². The van der Waals surface area contributed by atoms with Crippen LogP contribution in [0.15, 0.2) is 18.2 Å². The van der Waals surface area contributed by atoms with Gasteiger partial charge in [0.25, 0.3) is 0 Å². The van der Waals surface area contributed by atoms with E-state index in [1.54, 1.807) is 19.1 Å². The fourth-order valence-corrected chi connectivity index (χ4v) is 4.78. The zero-order chi connectivity index (χ0) is 20.5. The number of methoxy groups -OCH3 is 2. The molecule has 0 unspecified atom stereocenters. The van der Waals surface area contributed by atoms with Gasteiger partial charge in [-0.15, -0.1) is 0 Å². The number of carboxylic acid groups (broad SMARTS) is 1. The average Bonchev–Trinajstić information content (AvgIpc) is 3.46. The molecule has 1 amide bonds. The standard InChI is InChI=1S/C22H31NO5/c1-5-22(6-2,15-9-10-18(27-3)19(11-15)28-4)21(26)23-12-16(14-7-8-14)17(13-23)20(24)25/h9-11,14,16-17H,5-8,12-13H2,1-4H3,(H,24,25)/t16-,17+/m1/s1. The highest BCUT2D eigenvalue weighted by Crippen LogP contribution is 2.46. The SMILES string of the molecule is CCC(CC)(C(=O)N1C[C@H](C(=O)O)[C@@H](C2CC2)C1)c1ccc(OC)c(OC)c1. The number of carbonyl (C=O) groups excluding carboxylic acids is 1. The number of nitrogens with zero attached hydrogens (tertiary/aromatic N) is 1. The predicted octanol–water partition coefficient (Wildman–Crippen LogP) is 3.33. The zero-order valence-corrected chi connectivity index (χ0v) is 17.2. The molecule has 3 rings (SSSR count). The Hall–Kier alpha value is -2.24. The van der Waals surface area contributed by atoms with Gasteiger partial charge in [0.15, 0.2) is 11.5 Å². The van der Waals surface area contributed by atoms with E-state index in [9.17, 15) is 14.7 Å². The third-order valence-corrected chi connectivity index (χ3v) is 6.75. The lowest BCUT2D eigenvalue weighted by Crippen LogP contribution is -2.46. The maximum atomic E-state index is 13.7. The van der Waals surface area contributed by atoms with Crippen molar-refractivity contribution in [2.75, 3.05) is 27.3 Å². The summed E-state index contributed by atoms with van der Waals surface area (Å²) in [4.78, 5) is 27.3. The van der Waals surface area contributed by atoms with Crippen molar-refractivity contribution in [3.05, 3.63) is 23.8 Å². The van der Waals surface area contributed by atoms with E-state index in [0.717, 1.165) is 18.4 Å². The van der Waals surface area contributed by atoms with E-state index in [4.69, 9.17) is 9.47 Å². The van der Waals surface area contributed by atoms with E-state index in [1.165, 1.54) is 0 Å². The summed E-state index contributed by atoms with van der Waals surface area (Å²) in [5, 5.41) is 9.65. The molecule has 0 aromatic heterocycles. The predicted molar refractivity (Wildman–Crippen MR) is 106 cm³/mol. The van der Waals surface area contributed by atoms with Crippen molar-refractivity contribution in [1.29, 1.82) is 0 Å². The summed E-state index contributed by atoms with van der Waals surface area (Å²) in [7, 11) is 3.17. The molecule has 6 nitrogen and oxygen atoms in total. The van der Waals surface area contributed by atoms with Gasteiger partial charge in [-0.05, 0) is 55.2 Å². The third-order valence-electron chi connectivity index (χ3n) is 6.75. The normalized spacial score (nSPS) is 22.2. The lowest BCUT2D eigenvalue weighted by atomic mass is 9.74. The lowest BCUT2D eigenvalue weighted by Gasteiger charge is -2.35. The summed E-state index contributed by atoms with van der Waals surface area (Å²) in [6.45, 7) is 4.89. The van der Waals surface area contributed by atoms with Crippen LogP contribution in [0.4, 0.5) is 0 Å². The molecule has 1 aliphatic carbocycles. The number of hydrogen-bond acceptors (Lipinski definition) is 4. The van der Waals surface area contributed by atoms with E-state index in [1.807, 2.05) is 32.0 Å². The van der Waals surface area contributed by atoms with Gasteiger partial charge in [-0.3, -0.25) is 9.59 Å². The highest BCUT2D eigenvalue weighted by Gasteiger charge is 2.50. The Morgan fingerprint density at radius 1 is 1.11 bits per heavy atom. The summed E-state index contributed by atoms with van der Waals surface area (Å²) < 4.78 is 10.8. The number of carboxylic acids is 1. The molecule has 1 saturated carbocycles. The molecule has 6 heteroatoms. The van der Waals surface area contributed by atoms with E-state index in [-0.39, 0.29) is 11.8 Å². The van der Waals surface area contributed by atoms with E-state index >= 15 is 0 Å². The molecule has 1 heterocycles. The number of amides is 1. The zero-order valence-electron chi connectivity index (χ0n) is 17.2. The highest BCUT2D eigenvalue weighted by molar-refractivity contribution is 5.89. The molecule has 0 bridgehead atoms. The van der Waals surface area contributed by atoms with Crippen molar-refractivity contribution in [2.24, 2.45) is 17.8 Å². The maximum Gasteiger partial charge on any atom is 0.308 e.